The Bertz CT molecular complexity index is 1340. The molecule has 1 fully saturated rings. The predicted molar refractivity (Wildman–Crippen MR) is 133 cm³/mol. The molecule has 178 valence electrons. The minimum absolute atomic E-state index is 0.00910. The van der Waals surface area contributed by atoms with Gasteiger partial charge in [-0.25, -0.2) is 0 Å². The number of aromatic nitrogens is 3. The molecule has 0 unspecified atom stereocenters. The summed E-state index contributed by atoms with van der Waals surface area (Å²) in [6, 6.07) is 18.6. The first-order valence-electron chi connectivity index (χ1n) is 11.7. The summed E-state index contributed by atoms with van der Waals surface area (Å²) < 4.78 is 6.17. The largest absolute Gasteiger partial charge is 0.480 e. The lowest BCUT2D eigenvalue weighted by molar-refractivity contribution is -0.142. The number of pyridine rings is 1. The van der Waals surface area contributed by atoms with E-state index in [9.17, 15) is 9.59 Å². The van der Waals surface area contributed by atoms with Crippen LogP contribution in [0.3, 0.4) is 0 Å². The number of ether oxygens (including phenoxy) is 1. The third-order valence-electron chi connectivity index (χ3n) is 6.39. The normalized spacial score (nSPS) is 16.8. The molecule has 2 amide bonds. The summed E-state index contributed by atoms with van der Waals surface area (Å²) in [5.74, 6) is 0.493. The van der Waals surface area contributed by atoms with Gasteiger partial charge >= 0.3 is 0 Å². The molecule has 1 aliphatic heterocycles. The van der Waals surface area contributed by atoms with E-state index in [4.69, 9.17) is 4.74 Å². The molecule has 1 N–H and O–H groups in total. The molecule has 8 nitrogen and oxygen atoms in total. The number of fused-ring (bicyclic) bond motifs is 1. The van der Waals surface area contributed by atoms with E-state index in [0.717, 1.165) is 22.2 Å². The Labute approximate surface area is 203 Å². The number of benzene rings is 2. The molecule has 1 aliphatic rings. The number of rotatable bonds is 5. The average molecular weight is 470 g/mol. The van der Waals surface area contributed by atoms with Crippen LogP contribution < -0.4 is 4.74 Å². The van der Waals surface area contributed by atoms with Crippen LogP contribution in [-0.4, -0.2) is 68.6 Å². The van der Waals surface area contributed by atoms with Crippen molar-refractivity contribution in [2.24, 2.45) is 0 Å². The number of piperazine rings is 1. The van der Waals surface area contributed by atoms with Gasteiger partial charge in [0.25, 0.3) is 11.8 Å². The van der Waals surface area contributed by atoms with E-state index in [1.165, 1.54) is 0 Å². The van der Waals surface area contributed by atoms with Crippen molar-refractivity contribution < 1.29 is 14.3 Å². The van der Waals surface area contributed by atoms with E-state index in [0.29, 0.717) is 30.9 Å². The van der Waals surface area contributed by atoms with Crippen LogP contribution in [0.25, 0.3) is 22.2 Å². The second kappa shape index (κ2) is 9.58. The molecule has 8 heteroatoms. The SMILES string of the molecule is C[C@H](Oc1ccc(-c2ccn[nH]2)c2ncccc12)C(=O)N1CCN(C(=O)c2ccccc2)C[C@H]1C. The van der Waals surface area contributed by atoms with Gasteiger partial charge in [-0.3, -0.25) is 19.7 Å². The average Bonchev–Trinajstić information content (AvgIpc) is 3.43. The van der Waals surface area contributed by atoms with E-state index in [1.54, 1.807) is 24.2 Å². The maximum absolute atomic E-state index is 13.3. The lowest BCUT2D eigenvalue weighted by Crippen LogP contribution is -2.57. The molecule has 2 atom stereocenters. The van der Waals surface area contributed by atoms with Gasteiger partial charge in [0.1, 0.15) is 5.75 Å². The van der Waals surface area contributed by atoms with Crippen molar-refractivity contribution in [1.29, 1.82) is 0 Å². The van der Waals surface area contributed by atoms with Crippen LogP contribution in [0.5, 0.6) is 5.75 Å². The van der Waals surface area contributed by atoms with Crippen LogP contribution in [0.1, 0.15) is 24.2 Å². The molecule has 35 heavy (non-hydrogen) atoms. The fraction of sp³-hybridized carbons (Fsp3) is 0.259. The van der Waals surface area contributed by atoms with Crippen molar-refractivity contribution in [3.8, 4) is 17.0 Å². The molecule has 4 aromatic rings. The number of carbonyl (C=O) groups is 2. The summed E-state index contributed by atoms with van der Waals surface area (Å²) >= 11 is 0. The Balaban J connectivity index is 1.29. The first kappa shape index (κ1) is 22.6. The van der Waals surface area contributed by atoms with Crippen LogP contribution in [0.4, 0.5) is 0 Å². The van der Waals surface area contributed by atoms with Crippen LogP contribution in [0.15, 0.2) is 73.1 Å². The Morgan fingerprint density at radius 3 is 2.60 bits per heavy atom. The van der Waals surface area contributed by atoms with Gasteiger partial charge in [0, 0.05) is 54.6 Å². The van der Waals surface area contributed by atoms with E-state index >= 15 is 0 Å². The Morgan fingerprint density at radius 2 is 1.86 bits per heavy atom. The van der Waals surface area contributed by atoms with E-state index in [-0.39, 0.29) is 17.9 Å². The minimum Gasteiger partial charge on any atom is -0.480 e. The summed E-state index contributed by atoms with van der Waals surface area (Å²) in [7, 11) is 0. The van der Waals surface area contributed by atoms with Gasteiger partial charge in [0.2, 0.25) is 0 Å². The number of carbonyl (C=O) groups excluding carboxylic acids is 2. The second-order valence-corrected chi connectivity index (χ2v) is 8.74. The summed E-state index contributed by atoms with van der Waals surface area (Å²) in [5, 5.41) is 7.83. The van der Waals surface area contributed by atoms with Gasteiger partial charge in [0.05, 0.1) is 11.2 Å². The van der Waals surface area contributed by atoms with Gasteiger partial charge in [-0.15, -0.1) is 0 Å². The van der Waals surface area contributed by atoms with Gasteiger partial charge < -0.3 is 14.5 Å². The van der Waals surface area contributed by atoms with Gasteiger partial charge in [-0.05, 0) is 56.3 Å². The van der Waals surface area contributed by atoms with Gasteiger partial charge in [-0.2, -0.15) is 5.10 Å². The number of amides is 2. The third kappa shape index (κ3) is 4.47. The predicted octanol–water partition coefficient (Wildman–Crippen LogP) is 3.77. The van der Waals surface area contributed by atoms with Crippen LogP contribution in [0.2, 0.25) is 0 Å². The first-order valence-corrected chi connectivity index (χ1v) is 11.7. The Hall–Kier alpha value is -4.20. The minimum atomic E-state index is -0.685. The van der Waals surface area contributed by atoms with Gasteiger partial charge in [-0.1, -0.05) is 18.2 Å². The lowest BCUT2D eigenvalue weighted by atomic mass is 10.1. The number of hydrogen-bond donors (Lipinski definition) is 1. The maximum atomic E-state index is 13.3. The van der Waals surface area contributed by atoms with Crippen molar-refractivity contribution >= 4 is 22.7 Å². The van der Waals surface area contributed by atoms with Gasteiger partial charge in [0.15, 0.2) is 6.10 Å². The van der Waals surface area contributed by atoms with Crippen LogP contribution >= 0.6 is 0 Å². The fourth-order valence-electron chi connectivity index (χ4n) is 4.58. The number of nitrogens with one attached hydrogen (secondary N) is 1. The zero-order chi connectivity index (χ0) is 24.4. The monoisotopic (exact) mass is 469 g/mol. The molecule has 0 bridgehead atoms. The zero-order valence-electron chi connectivity index (χ0n) is 19.7. The number of aromatic amines is 1. The molecular weight excluding hydrogens is 442 g/mol. The second-order valence-electron chi connectivity index (χ2n) is 8.74. The summed E-state index contributed by atoms with van der Waals surface area (Å²) in [6.45, 7) is 5.17. The number of hydrogen-bond acceptors (Lipinski definition) is 5. The molecule has 2 aromatic heterocycles. The highest BCUT2D eigenvalue weighted by molar-refractivity contribution is 5.97. The van der Waals surface area contributed by atoms with Crippen molar-refractivity contribution in [2.45, 2.75) is 26.0 Å². The molecular formula is C27H27N5O3. The summed E-state index contributed by atoms with van der Waals surface area (Å²) in [6.07, 6.45) is 2.75. The highest BCUT2D eigenvalue weighted by Crippen LogP contribution is 2.33. The standard InChI is InChI=1S/C27H27N5O3/c1-18-17-31(27(34)20-7-4-3-5-8-20)15-16-32(18)26(33)19(2)35-24-11-10-21(23-12-14-29-30-23)25-22(24)9-6-13-28-25/h3-14,18-19H,15-17H2,1-2H3,(H,29,30)/t18-,19+/m1/s1. The van der Waals surface area contributed by atoms with Crippen molar-refractivity contribution in [3.05, 3.63) is 78.6 Å². The van der Waals surface area contributed by atoms with Crippen molar-refractivity contribution in [3.63, 3.8) is 0 Å². The van der Waals surface area contributed by atoms with Crippen molar-refractivity contribution in [2.75, 3.05) is 19.6 Å². The lowest BCUT2D eigenvalue weighted by Gasteiger charge is -2.40. The number of H-pyrrole nitrogens is 1. The topological polar surface area (TPSA) is 91.4 Å². The van der Waals surface area contributed by atoms with Crippen LogP contribution in [-0.2, 0) is 4.79 Å². The smallest absolute Gasteiger partial charge is 0.263 e. The quantitative estimate of drug-likeness (QED) is 0.481. The molecule has 5 rings (SSSR count). The molecule has 0 saturated carbocycles. The Morgan fingerprint density at radius 1 is 1.03 bits per heavy atom. The molecule has 1 saturated heterocycles. The molecule has 3 heterocycles. The van der Waals surface area contributed by atoms with Crippen molar-refractivity contribution in [1.82, 2.24) is 25.0 Å². The molecule has 0 aliphatic carbocycles. The Kier molecular flexibility index (Phi) is 6.18. The molecule has 0 spiro atoms. The summed E-state index contributed by atoms with van der Waals surface area (Å²) in [4.78, 5) is 34.3. The van der Waals surface area contributed by atoms with E-state index < -0.39 is 6.10 Å². The fourth-order valence-corrected chi connectivity index (χ4v) is 4.58. The molecule has 2 aromatic carbocycles. The van der Waals surface area contributed by atoms with E-state index in [2.05, 4.69) is 15.2 Å². The maximum Gasteiger partial charge on any atom is 0.263 e. The highest BCUT2D eigenvalue weighted by atomic mass is 16.5. The first-order chi connectivity index (χ1) is 17.0. The van der Waals surface area contributed by atoms with E-state index in [1.807, 2.05) is 72.5 Å². The number of nitrogens with zero attached hydrogens (tertiary/aromatic N) is 4. The van der Waals surface area contributed by atoms with Crippen LogP contribution in [0, 0.1) is 0 Å². The highest BCUT2D eigenvalue weighted by Gasteiger charge is 2.33. The third-order valence-corrected chi connectivity index (χ3v) is 6.39. The molecule has 0 radical (unpaired) electrons. The summed E-state index contributed by atoms with van der Waals surface area (Å²) in [5.41, 5.74) is 3.21. The zero-order valence-corrected chi connectivity index (χ0v) is 19.7.